The summed E-state index contributed by atoms with van der Waals surface area (Å²) in [7, 11) is 0. The monoisotopic (exact) mass is 717 g/mol. The Kier molecular flexibility index (Phi) is 6.50. The number of hydrogen-bond donors (Lipinski definition) is 0. The van der Waals surface area contributed by atoms with Crippen molar-refractivity contribution in [3.63, 3.8) is 0 Å². The number of thiazole rings is 1. The van der Waals surface area contributed by atoms with Gasteiger partial charge in [-0.25, -0.2) is 4.98 Å². The molecule has 0 radical (unpaired) electrons. The molecule has 0 N–H and O–H groups in total. The van der Waals surface area contributed by atoms with Gasteiger partial charge in [-0.3, -0.25) is 0 Å². The minimum absolute atomic E-state index is 1.06. The van der Waals surface area contributed by atoms with Crippen LogP contribution in [0.1, 0.15) is 0 Å². The molecule has 55 heavy (non-hydrogen) atoms. The summed E-state index contributed by atoms with van der Waals surface area (Å²) in [6, 6.07) is 68.5. The summed E-state index contributed by atoms with van der Waals surface area (Å²) in [5.41, 5.74) is 11.8. The average molecular weight is 718 g/mol. The second kappa shape index (κ2) is 11.7. The van der Waals surface area contributed by atoms with Crippen LogP contribution in [0.5, 0.6) is 0 Å². The van der Waals surface area contributed by atoms with E-state index in [2.05, 4.69) is 197 Å². The molecule has 9 aromatic carbocycles. The van der Waals surface area contributed by atoms with Crippen molar-refractivity contribution in [2.24, 2.45) is 0 Å². The maximum Gasteiger partial charge on any atom is 0.124 e. The summed E-state index contributed by atoms with van der Waals surface area (Å²) in [5.74, 6) is 0. The van der Waals surface area contributed by atoms with Crippen molar-refractivity contribution in [2.45, 2.75) is 0 Å². The van der Waals surface area contributed by atoms with E-state index in [0.717, 1.165) is 21.8 Å². The third kappa shape index (κ3) is 4.59. The van der Waals surface area contributed by atoms with Gasteiger partial charge < -0.3 is 9.13 Å². The van der Waals surface area contributed by atoms with Crippen LogP contribution in [0.2, 0.25) is 0 Å². The van der Waals surface area contributed by atoms with Crippen LogP contribution in [-0.4, -0.2) is 14.1 Å². The van der Waals surface area contributed by atoms with Gasteiger partial charge in [0, 0.05) is 43.9 Å². The summed E-state index contributed by atoms with van der Waals surface area (Å²) in [6.45, 7) is 0. The number of aromatic nitrogens is 3. The van der Waals surface area contributed by atoms with Gasteiger partial charge in [0.15, 0.2) is 0 Å². The summed E-state index contributed by atoms with van der Waals surface area (Å²) in [6.07, 6.45) is 0. The molecule has 0 aliphatic rings. The number of para-hydroxylation sites is 3. The molecule has 3 heterocycles. The van der Waals surface area contributed by atoms with E-state index in [1.54, 1.807) is 11.3 Å². The third-order valence-electron chi connectivity index (χ3n) is 11.3. The molecule has 0 aliphatic carbocycles. The van der Waals surface area contributed by atoms with Crippen LogP contribution in [0.25, 0.3) is 108 Å². The van der Waals surface area contributed by atoms with Gasteiger partial charge in [-0.2, -0.15) is 0 Å². The van der Waals surface area contributed by atoms with Crippen molar-refractivity contribution < 1.29 is 0 Å². The first kappa shape index (κ1) is 30.5. The molecule has 12 aromatic rings. The van der Waals surface area contributed by atoms with Gasteiger partial charge in [0.1, 0.15) is 5.01 Å². The molecule has 3 nitrogen and oxygen atoms in total. The summed E-state index contributed by atoms with van der Waals surface area (Å²) >= 11 is 1.76. The number of benzene rings is 9. The third-order valence-corrected chi connectivity index (χ3v) is 12.4. The molecule has 0 unspecified atom stereocenters. The summed E-state index contributed by atoms with van der Waals surface area (Å²) in [5, 5.41) is 10.9. The van der Waals surface area contributed by atoms with Gasteiger partial charge in [0.2, 0.25) is 0 Å². The first-order valence-corrected chi connectivity index (χ1v) is 19.5. The Hall–Kier alpha value is -7.01. The number of nitrogens with zero attached hydrogens (tertiary/aromatic N) is 3. The highest BCUT2D eigenvalue weighted by molar-refractivity contribution is 7.21. The van der Waals surface area contributed by atoms with Gasteiger partial charge in [0.05, 0.1) is 32.3 Å². The summed E-state index contributed by atoms with van der Waals surface area (Å²) in [4.78, 5) is 5.21. The molecular formula is C51H31N3S. The van der Waals surface area contributed by atoms with Crippen LogP contribution >= 0.6 is 11.3 Å². The van der Waals surface area contributed by atoms with Crippen LogP contribution in [-0.2, 0) is 0 Å². The standard InChI is InChI=1S/C51H31N3S/c1-3-11-33(12-4-1)51-52-50-48(55-51)28-23-32-19-20-36-29-38(24-25-39(36)49(32)50)54-45-18-10-8-16-41(45)43-31-35(22-27-47(43)54)34-21-26-46-42(30-34)40-15-7-9-17-44(40)53(46)37-13-5-2-6-14-37/h1-31H. The maximum atomic E-state index is 5.21. The quantitative estimate of drug-likeness (QED) is 0.166. The molecule has 0 atom stereocenters. The summed E-state index contributed by atoms with van der Waals surface area (Å²) < 4.78 is 6.01. The van der Waals surface area contributed by atoms with E-state index in [-0.39, 0.29) is 0 Å². The van der Waals surface area contributed by atoms with Crippen LogP contribution in [0, 0.1) is 0 Å². The second-order valence-corrected chi connectivity index (χ2v) is 15.4. The molecular weight excluding hydrogens is 687 g/mol. The molecule has 3 aromatic heterocycles. The van der Waals surface area contributed by atoms with Gasteiger partial charge in [0.25, 0.3) is 0 Å². The Balaban J connectivity index is 1.01. The van der Waals surface area contributed by atoms with Gasteiger partial charge in [-0.1, -0.05) is 121 Å². The molecule has 0 saturated carbocycles. The van der Waals surface area contributed by atoms with Gasteiger partial charge in [-0.05, 0) is 94.0 Å². The molecule has 12 rings (SSSR count). The largest absolute Gasteiger partial charge is 0.309 e. The van der Waals surface area contributed by atoms with E-state index < -0.39 is 0 Å². The lowest BCUT2D eigenvalue weighted by atomic mass is 10.00. The van der Waals surface area contributed by atoms with Crippen molar-refractivity contribution in [2.75, 3.05) is 0 Å². The van der Waals surface area contributed by atoms with Crippen molar-refractivity contribution in [1.29, 1.82) is 0 Å². The average Bonchev–Trinajstić information content (AvgIpc) is 3.94. The predicted molar refractivity (Wildman–Crippen MR) is 234 cm³/mol. The number of hydrogen-bond acceptors (Lipinski definition) is 2. The highest BCUT2D eigenvalue weighted by Crippen LogP contribution is 2.41. The van der Waals surface area contributed by atoms with Crippen molar-refractivity contribution in [1.82, 2.24) is 14.1 Å². The number of fused-ring (bicyclic) bond motifs is 11. The fourth-order valence-electron chi connectivity index (χ4n) is 8.81. The van der Waals surface area contributed by atoms with E-state index in [1.165, 1.54) is 86.7 Å². The zero-order valence-electron chi connectivity index (χ0n) is 29.6. The van der Waals surface area contributed by atoms with Crippen LogP contribution in [0.15, 0.2) is 188 Å². The predicted octanol–water partition coefficient (Wildman–Crippen LogP) is 14.1. The van der Waals surface area contributed by atoms with E-state index >= 15 is 0 Å². The van der Waals surface area contributed by atoms with Crippen molar-refractivity contribution in [3.05, 3.63) is 188 Å². The van der Waals surface area contributed by atoms with Crippen LogP contribution in [0.3, 0.4) is 0 Å². The lowest BCUT2D eigenvalue weighted by molar-refractivity contribution is 1.18. The number of rotatable bonds is 4. The molecule has 0 spiro atoms. The smallest absolute Gasteiger partial charge is 0.124 e. The maximum absolute atomic E-state index is 5.21. The van der Waals surface area contributed by atoms with E-state index in [0.29, 0.717) is 0 Å². The van der Waals surface area contributed by atoms with Crippen molar-refractivity contribution >= 4 is 86.7 Å². The lowest BCUT2D eigenvalue weighted by Crippen LogP contribution is -1.94. The molecule has 256 valence electrons. The minimum Gasteiger partial charge on any atom is -0.309 e. The van der Waals surface area contributed by atoms with Crippen LogP contribution in [0.4, 0.5) is 0 Å². The molecule has 0 aliphatic heterocycles. The van der Waals surface area contributed by atoms with Crippen molar-refractivity contribution in [3.8, 4) is 33.1 Å². The Morgan fingerprint density at radius 3 is 1.62 bits per heavy atom. The zero-order chi connectivity index (χ0) is 36.0. The Morgan fingerprint density at radius 2 is 0.927 bits per heavy atom. The van der Waals surface area contributed by atoms with Crippen LogP contribution < -0.4 is 0 Å². The van der Waals surface area contributed by atoms with E-state index in [4.69, 9.17) is 4.98 Å². The Labute approximate surface area is 320 Å². The highest BCUT2D eigenvalue weighted by Gasteiger charge is 2.17. The van der Waals surface area contributed by atoms with E-state index in [1.807, 2.05) is 0 Å². The molecule has 0 saturated heterocycles. The first-order chi connectivity index (χ1) is 27.3. The minimum atomic E-state index is 1.06. The van der Waals surface area contributed by atoms with E-state index in [9.17, 15) is 0 Å². The molecule has 0 fully saturated rings. The zero-order valence-corrected chi connectivity index (χ0v) is 30.5. The van der Waals surface area contributed by atoms with Gasteiger partial charge in [-0.15, -0.1) is 11.3 Å². The molecule has 0 amide bonds. The normalized spacial score (nSPS) is 12.0. The molecule has 0 bridgehead atoms. The highest BCUT2D eigenvalue weighted by atomic mass is 32.1. The second-order valence-electron chi connectivity index (χ2n) is 14.4. The fourth-order valence-corrected chi connectivity index (χ4v) is 9.79. The SMILES string of the molecule is c1ccc(-c2nc3c(ccc4ccc5cc(-n6c7ccccc7c7cc(-c8ccc9c(c8)c8ccccc8n9-c8ccccc8)ccc76)ccc5c43)s2)cc1. The fraction of sp³-hybridized carbons (Fsp3) is 0. The lowest BCUT2D eigenvalue weighted by Gasteiger charge is -2.11. The first-order valence-electron chi connectivity index (χ1n) is 18.7. The van der Waals surface area contributed by atoms with Gasteiger partial charge >= 0.3 is 0 Å². The topological polar surface area (TPSA) is 22.8 Å². The Morgan fingerprint density at radius 1 is 0.364 bits per heavy atom. The molecule has 4 heteroatoms. The Bertz CT molecular complexity index is 3480.